The van der Waals surface area contributed by atoms with E-state index in [2.05, 4.69) is 10.2 Å². The molecule has 1 aliphatic rings. The largest absolute Gasteiger partial charge is 0.340 e. The van der Waals surface area contributed by atoms with Crippen LogP contribution in [0.1, 0.15) is 25.0 Å². The summed E-state index contributed by atoms with van der Waals surface area (Å²) in [5.41, 5.74) is 3.07. The molecule has 0 saturated carbocycles. The van der Waals surface area contributed by atoms with E-state index >= 15 is 0 Å². The fourth-order valence-electron chi connectivity index (χ4n) is 2.70. The number of rotatable bonds is 3. The molecule has 1 atom stereocenters. The molecule has 0 aliphatic carbocycles. The van der Waals surface area contributed by atoms with Crippen LogP contribution in [0.25, 0.3) is 0 Å². The Morgan fingerprint density at radius 1 is 1.14 bits per heavy atom. The van der Waals surface area contributed by atoms with E-state index in [1.165, 1.54) is 0 Å². The molecule has 1 aromatic carbocycles. The number of anilines is 1. The summed E-state index contributed by atoms with van der Waals surface area (Å²) < 4.78 is 0. The van der Waals surface area contributed by atoms with Crippen molar-refractivity contribution in [3.63, 3.8) is 0 Å². The number of hydrogen-bond donors (Lipinski definition) is 1. The summed E-state index contributed by atoms with van der Waals surface area (Å²) in [5, 5.41) is 3.02. The molecule has 2 rings (SSSR count). The molecule has 0 bridgehead atoms. The van der Waals surface area contributed by atoms with Crippen molar-refractivity contribution in [2.24, 2.45) is 0 Å². The fraction of sp³-hybridized carbons (Fsp3) is 0.529. The molecule has 5 heteroatoms. The third kappa shape index (κ3) is 3.85. The van der Waals surface area contributed by atoms with Gasteiger partial charge in [-0.1, -0.05) is 12.1 Å². The highest BCUT2D eigenvalue weighted by Crippen LogP contribution is 2.17. The van der Waals surface area contributed by atoms with Gasteiger partial charge in [0.15, 0.2) is 0 Å². The molecule has 1 unspecified atom stereocenters. The first-order valence-electron chi connectivity index (χ1n) is 7.76. The third-order valence-electron chi connectivity index (χ3n) is 4.34. The number of nitrogens with zero attached hydrogens (tertiary/aromatic N) is 2. The van der Waals surface area contributed by atoms with Crippen molar-refractivity contribution in [3.8, 4) is 0 Å². The molecule has 1 aliphatic heterocycles. The minimum Gasteiger partial charge on any atom is -0.340 e. The zero-order valence-electron chi connectivity index (χ0n) is 13.8. The van der Waals surface area contributed by atoms with Crippen molar-refractivity contribution in [1.29, 1.82) is 0 Å². The molecular weight excluding hydrogens is 278 g/mol. The highest BCUT2D eigenvalue weighted by Gasteiger charge is 2.26. The number of aryl methyl sites for hydroxylation is 2. The first-order chi connectivity index (χ1) is 10.4. The SMILES string of the molecule is CC(=O)N1CCN(C(C)C(=O)Nc2cc(C)ccc2C)CC1. The van der Waals surface area contributed by atoms with Crippen molar-refractivity contribution in [2.45, 2.75) is 33.7 Å². The van der Waals surface area contributed by atoms with Crippen LogP contribution in [-0.4, -0.2) is 53.8 Å². The normalized spacial score (nSPS) is 17.2. The highest BCUT2D eigenvalue weighted by atomic mass is 16.2. The van der Waals surface area contributed by atoms with Gasteiger partial charge in [0, 0.05) is 38.8 Å². The Balaban J connectivity index is 1.95. The second-order valence-electron chi connectivity index (χ2n) is 6.03. The van der Waals surface area contributed by atoms with E-state index in [4.69, 9.17) is 0 Å². The van der Waals surface area contributed by atoms with Gasteiger partial charge in [0.25, 0.3) is 0 Å². The van der Waals surface area contributed by atoms with Crippen LogP contribution in [0, 0.1) is 13.8 Å². The van der Waals surface area contributed by atoms with Gasteiger partial charge in [-0.25, -0.2) is 0 Å². The van der Waals surface area contributed by atoms with Gasteiger partial charge in [0.1, 0.15) is 0 Å². The number of benzene rings is 1. The molecule has 22 heavy (non-hydrogen) atoms. The molecule has 1 saturated heterocycles. The second kappa shape index (κ2) is 6.92. The molecule has 5 nitrogen and oxygen atoms in total. The molecule has 0 spiro atoms. The highest BCUT2D eigenvalue weighted by molar-refractivity contribution is 5.95. The molecule has 1 heterocycles. The Kier molecular flexibility index (Phi) is 5.19. The zero-order valence-corrected chi connectivity index (χ0v) is 13.8. The monoisotopic (exact) mass is 303 g/mol. The Bertz CT molecular complexity index is 563. The van der Waals surface area contributed by atoms with Gasteiger partial charge in [-0.3, -0.25) is 14.5 Å². The van der Waals surface area contributed by atoms with E-state index in [9.17, 15) is 9.59 Å². The average molecular weight is 303 g/mol. The quantitative estimate of drug-likeness (QED) is 0.926. The Morgan fingerprint density at radius 2 is 1.77 bits per heavy atom. The first kappa shape index (κ1) is 16.5. The lowest BCUT2D eigenvalue weighted by Gasteiger charge is -2.37. The Hall–Kier alpha value is -1.88. The molecule has 120 valence electrons. The van der Waals surface area contributed by atoms with Crippen LogP contribution in [0.4, 0.5) is 5.69 Å². The maximum absolute atomic E-state index is 12.5. The molecular formula is C17H25N3O2. The second-order valence-corrected chi connectivity index (χ2v) is 6.03. The molecule has 1 aromatic rings. The van der Waals surface area contributed by atoms with Gasteiger partial charge in [-0.05, 0) is 38.0 Å². The van der Waals surface area contributed by atoms with E-state index in [-0.39, 0.29) is 17.9 Å². The lowest BCUT2D eigenvalue weighted by Crippen LogP contribution is -2.53. The topological polar surface area (TPSA) is 52.7 Å². The van der Waals surface area contributed by atoms with Crippen LogP contribution < -0.4 is 5.32 Å². The number of nitrogens with one attached hydrogen (secondary N) is 1. The van der Waals surface area contributed by atoms with Crippen molar-refractivity contribution < 1.29 is 9.59 Å². The van der Waals surface area contributed by atoms with E-state index < -0.39 is 0 Å². The van der Waals surface area contributed by atoms with Gasteiger partial charge in [0.05, 0.1) is 6.04 Å². The van der Waals surface area contributed by atoms with Crippen molar-refractivity contribution in [3.05, 3.63) is 29.3 Å². The summed E-state index contributed by atoms with van der Waals surface area (Å²) in [6, 6.07) is 5.85. The zero-order chi connectivity index (χ0) is 16.3. The van der Waals surface area contributed by atoms with E-state index in [0.29, 0.717) is 13.1 Å². The van der Waals surface area contributed by atoms with Gasteiger partial charge in [-0.15, -0.1) is 0 Å². The van der Waals surface area contributed by atoms with Crippen molar-refractivity contribution in [2.75, 3.05) is 31.5 Å². The molecule has 2 amide bonds. The predicted octanol–water partition coefficient (Wildman–Crippen LogP) is 1.79. The van der Waals surface area contributed by atoms with E-state index in [0.717, 1.165) is 29.9 Å². The van der Waals surface area contributed by atoms with Gasteiger partial charge >= 0.3 is 0 Å². The summed E-state index contributed by atoms with van der Waals surface area (Å²) in [6.07, 6.45) is 0. The maximum Gasteiger partial charge on any atom is 0.241 e. The fourth-order valence-corrected chi connectivity index (χ4v) is 2.70. The van der Waals surface area contributed by atoms with Crippen molar-refractivity contribution in [1.82, 2.24) is 9.80 Å². The molecule has 0 radical (unpaired) electrons. The summed E-state index contributed by atoms with van der Waals surface area (Å²) in [7, 11) is 0. The van der Waals surface area contributed by atoms with Gasteiger partial charge in [-0.2, -0.15) is 0 Å². The first-order valence-corrected chi connectivity index (χ1v) is 7.76. The van der Waals surface area contributed by atoms with E-state index in [1.807, 2.05) is 43.9 Å². The summed E-state index contributed by atoms with van der Waals surface area (Å²) in [4.78, 5) is 27.8. The average Bonchev–Trinajstić information content (AvgIpc) is 2.50. The molecule has 0 aromatic heterocycles. The number of hydrogen-bond acceptors (Lipinski definition) is 3. The van der Waals surface area contributed by atoms with Crippen molar-refractivity contribution >= 4 is 17.5 Å². The Morgan fingerprint density at radius 3 is 2.36 bits per heavy atom. The minimum absolute atomic E-state index is 0.00461. The van der Waals surface area contributed by atoms with Gasteiger partial charge in [0.2, 0.25) is 11.8 Å². The molecule has 1 N–H and O–H groups in total. The third-order valence-corrected chi connectivity index (χ3v) is 4.34. The summed E-state index contributed by atoms with van der Waals surface area (Å²) in [6.45, 7) is 10.4. The standard InChI is InChI=1S/C17H25N3O2/c1-12-5-6-13(2)16(11-12)18-17(22)14(3)19-7-9-20(10-8-19)15(4)21/h5-6,11,14H,7-10H2,1-4H3,(H,18,22). The van der Waals surface area contributed by atoms with Crippen LogP contribution in [0.5, 0.6) is 0 Å². The number of piperazine rings is 1. The lowest BCUT2D eigenvalue weighted by molar-refractivity contribution is -0.131. The number of carbonyl (C=O) groups excluding carboxylic acids is 2. The van der Waals surface area contributed by atoms with Crippen LogP contribution in [0.2, 0.25) is 0 Å². The maximum atomic E-state index is 12.5. The van der Waals surface area contributed by atoms with Gasteiger partial charge < -0.3 is 10.2 Å². The number of amides is 2. The van der Waals surface area contributed by atoms with Crippen LogP contribution in [0.15, 0.2) is 18.2 Å². The summed E-state index contributed by atoms with van der Waals surface area (Å²) >= 11 is 0. The molecule has 1 fully saturated rings. The minimum atomic E-state index is -0.200. The lowest BCUT2D eigenvalue weighted by atomic mass is 10.1. The summed E-state index contributed by atoms with van der Waals surface area (Å²) in [5.74, 6) is 0.108. The number of carbonyl (C=O) groups is 2. The Labute approximate surface area is 132 Å². The van der Waals surface area contributed by atoms with Crippen LogP contribution in [0.3, 0.4) is 0 Å². The van der Waals surface area contributed by atoms with E-state index in [1.54, 1.807) is 6.92 Å². The predicted molar refractivity (Wildman–Crippen MR) is 87.8 cm³/mol. The van der Waals surface area contributed by atoms with Crippen LogP contribution in [-0.2, 0) is 9.59 Å². The van der Waals surface area contributed by atoms with Crippen LogP contribution >= 0.6 is 0 Å². The smallest absolute Gasteiger partial charge is 0.241 e.